The number of esters is 1. The lowest BCUT2D eigenvalue weighted by Crippen LogP contribution is -2.39. The van der Waals surface area contributed by atoms with Gasteiger partial charge in [-0.05, 0) is 42.3 Å². The summed E-state index contributed by atoms with van der Waals surface area (Å²) in [4.78, 5) is 39.8. The summed E-state index contributed by atoms with van der Waals surface area (Å²) >= 11 is 0.992. The molecule has 8 nitrogen and oxygen atoms in total. The van der Waals surface area contributed by atoms with E-state index in [2.05, 4.69) is 5.32 Å². The van der Waals surface area contributed by atoms with Crippen LogP contribution in [-0.4, -0.2) is 35.0 Å². The molecule has 2 aromatic rings. The molecule has 2 aliphatic rings. The second-order valence-corrected chi connectivity index (χ2v) is 9.19. The van der Waals surface area contributed by atoms with Crippen molar-refractivity contribution in [3.63, 3.8) is 0 Å². The molecule has 10 heteroatoms. The van der Waals surface area contributed by atoms with Crippen molar-refractivity contribution in [1.29, 1.82) is 5.26 Å². The third-order valence-electron chi connectivity index (χ3n) is 5.68. The molecule has 0 aromatic heterocycles. The van der Waals surface area contributed by atoms with Gasteiger partial charge in [-0.1, -0.05) is 36.0 Å². The first-order chi connectivity index (χ1) is 16.7. The van der Waals surface area contributed by atoms with Crippen LogP contribution in [0.3, 0.4) is 0 Å². The van der Waals surface area contributed by atoms with Crippen molar-refractivity contribution in [3.05, 3.63) is 87.5 Å². The standard InChI is InChI=1S/C25H21FN4O4S/c1-13-5-3-8-16(9-13)29-23(32)21-20(14-6-4-7-15(26)10-14)17(12-27)22(28)30-24(33)18(35-25(21)30)11-19(31)34-2/h3-10,18,20H,11,28H2,1-2H3,(H,29,32)/t18-,20-/m1/s1. The number of hydrogen-bond donors (Lipinski definition) is 2. The maximum atomic E-state index is 14.2. The molecule has 1 fully saturated rings. The van der Waals surface area contributed by atoms with Gasteiger partial charge >= 0.3 is 5.97 Å². The van der Waals surface area contributed by atoms with Crippen LogP contribution in [0.25, 0.3) is 0 Å². The molecule has 0 radical (unpaired) electrons. The van der Waals surface area contributed by atoms with E-state index in [4.69, 9.17) is 10.5 Å². The Morgan fingerprint density at radius 3 is 2.66 bits per heavy atom. The summed E-state index contributed by atoms with van der Waals surface area (Å²) in [6.07, 6.45) is -0.243. The van der Waals surface area contributed by atoms with Crippen molar-refractivity contribution < 1.29 is 23.5 Å². The molecule has 4 rings (SSSR count). The van der Waals surface area contributed by atoms with Crippen LogP contribution in [0.4, 0.5) is 10.1 Å². The number of methoxy groups -OCH3 is 1. The smallest absolute Gasteiger partial charge is 0.307 e. The van der Waals surface area contributed by atoms with E-state index in [0.717, 1.165) is 22.2 Å². The van der Waals surface area contributed by atoms with E-state index in [0.29, 0.717) is 11.3 Å². The number of amides is 2. The number of allylic oxidation sites excluding steroid dienone is 1. The van der Waals surface area contributed by atoms with Crippen molar-refractivity contribution in [2.24, 2.45) is 5.73 Å². The van der Waals surface area contributed by atoms with Crippen molar-refractivity contribution in [3.8, 4) is 6.07 Å². The fourth-order valence-corrected chi connectivity index (χ4v) is 5.41. The molecule has 0 saturated carbocycles. The number of hydrogen-bond acceptors (Lipinski definition) is 7. The average Bonchev–Trinajstić information content (AvgIpc) is 3.14. The Kier molecular flexibility index (Phi) is 6.62. The number of nitrogens with zero attached hydrogens (tertiary/aromatic N) is 2. The number of carbonyl (C=O) groups is 3. The lowest BCUT2D eigenvalue weighted by molar-refractivity contribution is -0.142. The van der Waals surface area contributed by atoms with Gasteiger partial charge < -0.3 is 15.8 Å². The summed E-state index contributed by atoms with van der Waals surface area (Å²) < 4.78 is 18.9. The lowest BCUT2D eigenvalue weighted by Gasteiger charge is -2.32. The number of nitrogens with two attached hydrogens (primary N) is 1. The Hall–Kier alpha value is -4.10. The first-order valence-corrected chi connectivity index (χ1v) is 11.5. The maximum absolute atomic E-state index is 14.2. The van der Waals surface area contributed by atoms with Crippen LogP contribution in [-0.2, 0) is 19.1 Å². The van der Waals surface area contributed by atoms with Gasteiger partial charge in [0.05, 0.1) is 41.7 Å². The van der Waals surface area contributed by atoms with E-state index in [-0.39, 0.29) is 28.4 Å². The zero-order valence-electron chi connectivity index (χ0n) is 18.9. The van der Waals surface area contributed by atoms with Crippen LogP contribution in [0.5, 0.6) is 0 Å². The largest absolute Gasteiger partial charge is 0.469 e. The predicted molar refractivity (Wildman–Crippen MR) is 128 cm³/mol. The van der Waals surface area contributed by atoms with Crippen molar-refractivity contribution in [1.82, 2.24) is 4.90 Å². The zero-order chi connectivity index (χ0) is 25.3. The molecular formula is C25H21FN4O4S. The van der Waals surface area contributed by atoms with E-state index in [9.17, 15) is 24.0 Å². The second-order valence-electron chi connectivity index (χ2n) is 8.00. The third-order valence-corrected chi connectivity index (χ3v) is 6.96. The van der Waals surface area contributed by atoms with Gasteiger partial charge in [0.15, 0.2) is 0 Å². The molecule has 0 bridgehead atoms. The highest BCUT2D eigenvalue weighted by molar-refractivity contribution is 8.04. The third kappa shape index (κ3) is 4.50. The minimum absolute atomic E-state index is 0.0635. The van der Waals surface area contributed by atoms with Gasteiger partial charge in [0, 0.05) is 5.69 Å². The van der Waals surface area contributed by atoms with E-state index in [1.54, 1.807) is 24.3 Å². The van der Waals surface area contributed by atoms with Crippen molar-refractivity contribution in [2.75, 3.05) is 12.4 Å². The van der Waals surface area contributed by atoms with Crippen LogP contribution in [0.2, 0.25) is 0 Å². The molecule has 2 aromatic carbocycles. The van der Waals surface area contributed by atoms with E-state index in [1.807, 2.05) is 19.1 Å². The maximum Gasteiger partial charge on any atom is 0.307 e. The Labute approximate surface area is 205 Å². The molecule has 35 heavy (non-hydrogen) atoms. The number of rotatable bonds is 5. The number of benzene rings is 2. The van der Waals surface area contributed by atoms with Crippen molar-refractivity contribution in [2.45, 2.75) is 24.5 Å². The number of carbonyl (C=O) groups excluding carboxylic acids is 3. The number of nitrogens with one attached hydrogen (secondary N) is 1. The Morgan fingerprint density at radius 1 is 1.26 bits per heavy atom. The molecule has 2 amide bonds. The number of halogens is 1. The van der Waals surface area contributed by atoms with Gasteiger partial charge in [0.2, 0.25) is 5.91 Å². The number of nitriles is 1. The highest BCUT2D eigenvalue weighted by Gasteiger charge is 2.48. The highest BCUT2D eigenvalue weighted by atomic mass is 32.2. The fraction of sp³-hybridized carbons (Fsp3) is 0.200. The number of ether oxygens (including phenoxy) is 1. The van der Waals surface area contributed by atoms with Gasteiger partial charge in [-0.2, -0.15) is 5.26 Å². The summed E-state index contributed by atoms with van der Waals surface area (Å²) in [5.74, 6) is -3.46. The van der Waals surface area contributed by atoms with Crippen LogP contribution in [0.15, 0.2) is 70.5 Å². The van der Waals surface area contributed by atoms with Gasteiger partial charge in [0.1, 0.15) is 16.9 Å². The molecular weight excluding hydrogens is 471 g/mol. The monoisotopic (exact) mass is 492 g/mol. The zero-order valence-corrected chi connectivity index (χ0v) is 19.7. The summed E-state index contributed by atoms with van der Waals surface area (Å²) in [6.45, 7) is 1.87. The van der Waals surface area contributed by atoms with Gasteiger partial charge in [-0.3, -0.25) is 19.3 Å². The van der Waals surface area contributed by atoms with Crippen molar-refractivity contribution >= 4 is 35.2 Å². The van der Waals surface area contributed by atoms with Crippen LogP contribution in [0, 0.1) is 24.1 Å². The quantitative estimate of drug-likeness (QED) is 0.614. The molecule has 3 N–H and O–H groups in total. The lowest BCUT2D eigenvalue weighted by atomic mass is 9.82. The molecule has 2 heterocycles. The Balaban J connectivity index is 1.88. The molecule has 1 saturated heterocycles. The minimum atomic E-state index is -1.02. The van der Waals surface area contributed by atoms with E-state index >= 15 is 0 Å². The highest BCUT2D eigenvalue weighted by Crippen LogP contribution is 2.50. The summed E-state index contributed by atoms with van der Waals surface area (Å²) in [7, 11) is 1.21. The molecule has 0 aliphatic carbocycles. The summed E-state index contributed by atoms with van der Waals surface area (Å²) in [5, 5.41) is 12.1. The molecule has 178 valence electrons. The minimum Gasteiger partial charge on any atom is -0.469 e. The Morgan fingerprint density at radius 2 is 2.00 bits per heavy atom. The van der Waals surface area contributed by atoms with Crippen LogP contribution >= 0.6 is 11.8 Å². The average molecular weight is 493 g/mol. The summed E-state index contributed by atoms with van der Waals surface area (Å²) in [5.41, 5.74) is 8.01. The topological polar surface area (TPSA) is 126 Å². The summed E-state index contributed by atoms with van der Waals surface area (Å²) in [6, 6.07) is 14.6. The number of thioether (sulfide) groups is 1. The van der Waals surface area contributed by atoms with E-state index in [1.165, 1.54) is 25.3 Å². The number of aryl methyl sites for hydroxylation is 1. The normalized spacial score (nSPS) is 19.4. The number of anilines is 1. The molecule has 2 atom stereocenters. The van der Waals surface area contributed by atoms with Gasteiger partial charge in [0.25, 0.3) is 5.91 Å². The predicted octanol–water partition coefficient (Wildman–Crippen LogP) is 3.28. The number of fused-ring (bicyclic) bond motifs is 1. The van der Waals surface area contributed by atoms with Gasteiger partial charge in [-0.25, -0.2) is 4.39 Å². The van der Waals surface area contributed by atoms with Crippen LogP contribution < -0.4 is 11.1 Å². The first-order valence-electron chi connectivity index (χ1n) is 10.6. The van der Waals surface area contributed by atoms with Crippen LogP contribution in [0.1, 0.15) is 23.5 Å². The van der Waals surface area contributed by atoms with Gasteiger partial charge in [-0.15, -0.1) is 0 Å². The molecule has 0 unspecified atom stereocenters. The molecule has 2 aliphatic heterocycles. The SMILES string of the molecule is COC(=O)C[C@H]1SC2=C(C(=O)Nc3cccc(C)c3)[C@H](c3cccc(F)c3)C(C#N)=C(N)N2C1=O. The fourth-order valence-electron chi connectivity index (χ4n) is 4.08. The first kappa shape index (κ1) is 24.0. The molecule has 0 spiro atoms. The van der Waals surface area contributed by atoms with E-state index < -0.39 is 34.8 Å². The second kappa shape index (κ2) is 9.64. The Bertz CT molecular complexity index is 1350.